The highest BCUT2D eigenvalue weighted by Gasteiger charge is 2.09. The largest absolute Gasteiger partial charge is 0.366 e. The second-order valence-corrected chi connectivity index (χ2v) is 4.74. The monoisotopic (exact) mass is 238 g/mol. The molecule has 0 aromatic carbocycles. The van der Waals surface area contributed by atoms with Crippen molar-refractivity contribution in [3.05, 3.63) is 24.7 Å². The van der Waals surface area contributed by atoms with Crippen molar-refractivity contribution in [2.24, 2.45) is 0 Å². The molecule has 2 aromatic heterocycles. The average Bonchev–Trinajstić information content (AvgIpc) is 2.65. The van der Waals surface area contributed by atoms with Crippen LogP contribution in [0, 0.1) is 0 Å². The van der Waals surface area contributed by atoms with Crippen LogP contribution >= 0.6 is 11.6 Å². The Morgan fingerprint density at radius 3 is 3.00 bits per heavy atom. The second kappa shape index (κ2) is 4.70. The van der Waals surface area contributed by atoms with Crippen LogP contribution in [0.1, 0.15) is 20.3 Å². The number of alkyl halides is 1. The topological polar surface area (TPSA) is 42.2 Å². The van der Waals surface area contributed by atoms with Crippen LogP contribution in [0.5, 0.6) is 0 Å². The molecular formula is C11H15ClN4. The van der Waals surface area contributed by atoms with Crippen molar-refractivity contribution >= 4 is 22.9 Å². The smallest absolute Gasteiger partial charge is 0.152 e. The first kappa shape index (κ1) is 11.2. The Hall–Kier alpha value is -1.29. The number of nitrogens with zero attached hydrogens (tertiary/aromatic N) is 3. The SMILES string of the molecule is CC(Cl)CC(C)Nc1nccn2nccc12. The molecule has 1 N–H and O–H groups in total. The third-order valence-electron chi connectivity index (χ3n) is 2.39. The van der Waals surface area contributed by atoms with Gasteiger partial charge < -0.3 is 5.32 Å². The molecule has 0 radical (unpaired) electrons. The summed E-state index contributed by atoms with van der Waals surface area (Å²) < 4.78 is 1.80. The summed E-state index contributed by atoms with van der Waals surface area (Å²) >= 11 is 5.96. The first-order valence-electron chi connectivity index (χ1n) is 5.36. The molecule has 0 spiro atoms. The van der Waals surface area contributed by atoms with Crippen LogP contribution in [0.3, 0.4) is 0 Å². The van der Waals surface area contributed by atoms with Gasteiger partial charge in [-0.2, -0.15) is 5.10 Å². The lowest BCUT2D eigenvalue weighted by molar-refractivity contribution is 0.693. The third kappa shape index (κ3) is 2.44. The molecule has 86 valence electrons. The van der Waals surface area contributed by atoms with Crippen molar-refractivity contribution in [3.8, 4) is 0 Å². The molecule has 2 unspecified atom stereocenters. The van der Waals surface area contributed by atoms with Crippen LogP contribution in [0.15, 0.2) is 24.7 Å². The average molecular weight is 239 g/mol. The fourth-order valence-corrected chi connectivity index (χ4v) is 2.02. The number of hydrogen-bond donors (Lipinski definition) is 1. The molecular weight excluding hydrogens is 224 g/mol. The summed E-state index contributed by atoms with van der Waals surface area (Å²) in [4.78, 5) is 4.31. The maximum atomic E-state index is 5.96. The Morgan fingerprint density at radius 1 is 1.44 bits per heavy atom. The number of rotatable bonds is 4. The van der Waals surface area contributed by atoms with E-state index in [1.165, 1.54) is 0 Å². The van der Waals surface area contributed by atoms with E-state index in [1.54, 1.807) is 16.9 Å². The summed E-state index contributed by atoms with van der Waals surface area (Å²) in [5, 5.41) is 7.66. The molecule has 0 aliphatic heterocycles. The van der Waals surface area contributed by atoms with Gasteiger partial charge in [-0.25, -0.2) is 9.50 Å². The van der Waals surface area contributed by atoms with E-state index < -0.39 is 0 Å². The summed E-state index contributed by atoms with van der Waals surface area (Å²) in [6, 6.07) is 2.23. The number of hydrogen-bond acceptors (Lipinski definition) is 3. The number of anilines is 1. The van der Waals surface area contributed by atoms with Crippen LogP contribution < -0.4 is 5.32 Å². The van der Waals surface area contributed by atoms with Gasteiger partial charge in [0.25, 0.3) is 0 Å². The zero-order valence-electron chi connectivity index (χ0n) is 9.39. The predicted octanol–water partition coefficient (Wildman–Crippen LogP) is 2.55. The predicted molar refractivity (Wildman–Crippen MR) is 66.0 cm³/mol. The van der Waals surface area contributed by atoms with E-state index in [1.807, 2.05) is 19.2 Å². The molecule has 5 heteroatoms. The summed E-state index contributed by atoms with van der Waals surface area (Å²) in [6.07, 6.45) is 6.23. The molecule has 16 heavy (non-hydrogen) atoms. The number of halogens is 1. The minimum absolute atomic E-state index is 0.159. The molecule has 0 bridgehead atoms. The summed E-state index contributed by atoms with van der Waals surface area (Å²) in [5.74, 6) is 0.852. The van der Waals surface area contributed by atoms with Crippen LogP contribution in [-0.2, 0) is 0 Å². The van der Waals surface area contributed by atoms with Gasteiger partial charge in [0.2, 0.25) is 0 Å². The van der Waals surface area contributed by atoms with Crippen LogP contribution in [0.4, 0.5) is 5.82 Å². The second-order valence-electron chi connectivity index (χ2n) is 4.00. The molecule has 2 aromatic rings. The molecule has 2 heterocycles. The van der Waals surface area contributed by atoms with E-state index in [9.17, 15) is 0 Å². The molecule has 0 aliphatic carbocycles. The molecule has 0 aliphatic rings. The molecule has 2 atom stereocenters. The third-order valence-corrected chi connectivity index (χ3v) is 2.56. The van der Waals surface area contributed by atoms with Gasteiger partial charge >= 0.3 is 0 Å². The minimum atomic E-state index is 0.159. The van der Waals surface area contributed by atoms with E-state index in [0.29, 0.717) is 6.04 Å². The Bertz CT molecular complexity index is 466. The standard InChI is InChI=1S/C11H15ClN4/c1-8(12)7-9(2)15-11-10-3-4-14-16(10)6-5-13-11/h3-6,8-9H,7H2,1-2H3,(H,13,15). The Morgan fingerprint density at radius 2 is 2.25 bits per heavy atom. The quantitative estimate of drug-likeness (QED) is 0.833. The van der Waals surface area contributed by atoms with Crippen molar-refractivity contribution in [1.29, 1.82) is 0 Å². The van der Waals surface area contributed by atoms with Crippen LogP contribution in [0.2, 0.25) is 0 Å². The van der Waals surface area contributed by atoms with Gasteiger partial charge in [0, 0.05) is 23.8 Å². The van der Waals surface area contributed by atoms with Gasteiger partial charge in [0.15, 0.2) is 5.82 Å². The normalized spacial score (nSPS) is 14.9. The van der Waals surface area contributed by atoms with E-state index in [2.05, 4.69) is 22.3 Å². The van der Waals surface area contributed by atoms with E-state index in [4.69, 9.17) is 11.6 Å². The van der Waals surface area contributed by atoms with Gasteiger partial charge in [-0.3, -0.25) is 0 Å². The summed E-state index contributed by atoms with van der Waals surface area (Å²) in [6.45, 7) is 4.09. The Balaban J connectivity index is 2.17. The van der Waals surface area contributed by atoms with Gasteiger partial charge in [-0.05, 0) is 26.3 Å². The lowest BCUT2D eigenvalue weighted by Crippen LogP contribution is -2.19. The van der Waals surface area contributed by atoms with Crippen LogP contribution in [0.25, 0.3) is 5.52 Å². The molecule has 0 fully saturated rings. The van der Waals surface area contributed by atoms with E-state index >= 15 is 0 Å². The van der Waals surface area contributed by atoms with Crippen molar-refractivity contribution in [3.63, 3.8) is 0 Å². The molecule has 0 amide bonds. The fraction of sp³-hybridized carbons (Fsp3) is 0.455. The van der Waals surface area contributed by atoms with Crippen molar-refractivity contribution in [2.75, 3.05) is 5.32 Å². The first-order chi connectivity index (χ1) is 7.66. The lowest BCUT2D eigenvalue weighted by Gasteiger charge is -2.15. The highest BCUT2D eigenvalue weighted by Crippen LogP contribution is 2.15. The van der Waals surface area contributed by atoms with Crippen molar-refractivity contribution in [1.82, 2.24) is 14.6 Å². The number of nitrogens with one attached hydrogen (secondary N) is 1. The Kier molecular flexibility index (Phi) is 3.29. The fourth-order valence-electron chi connectivity index (χ4n) is 1.75. The zero-order valence-corrected chi connectivity index (χ0v) is 10.1. The maximum Gasteiger partial charge on any atom is 0.152 e. The van der Waals surface area contributed by atoms with E-state index in [0.717, 1.165) is 17.8 Å². The van der Waals surface area contributed by atoms with Crippen molar-refractivity contribution < 1.29 is 0 Å². The van der Waals surface area contributed by atoms with Gasteiger partial charge in [0.05, 0.1) is 6.20 Å². The van der Waals surface area contributed by atoms with Crippen molar-refractivity contribution in [2.45, 2.75) is 31.7 Å². The van der Waals surface area contributed by atoms with Gasteiger partial charge in [-0.1, -0.05) is 0 Å². The van der Waals surface area contributed by atoms with Crippen LogP contribution in [-0.4, -0.2) is 26.0 Å². The minimum Gasteiger partial charge on any atom is -0.366 e. The maximum absolute atomic E-state index is 5.96. The lowest BCUT2D eigenvalue weighted by atomic mass is 10.2. The number of fused-ring (bicyclic) bond motifs is 1. The molecule has 0 saturated heterocycles. The highest BCUT2D eigenvalue weighted by atomic mass is 35.5. The summed E-state index contributed by atoms with van der Waals surface area (Å²) in [5.41, 5.74) is 0.983. The molecule has 2 rings (SSSR count). The zero-order chi connectivity index (χ0) is 11.5. The highest BCUT2D eigenvalue weighted by molar-refractivity contribution is 6.20. The molecule has 4 nitrogen and oxygen atoms in total. The number of aromatic nitrogens is 3. The Labute approximate surface area is 99.6 Å². The van der Waals surface area contributed by atoms with Gasteiger partial charge in [0.1, 0.15) is 5.52 Å². The van der Waals surface area contributed by atoms with Gasteiger partial charge in [-0.15, -0.1) is 11.6 Å². The summed E-state index contributed by atoms with van der Waals surface area (Å²) in [7, 11) is 0. The molecule has 0 saturated carbocycles. The first-order valence-corrected chi connectivity index (χ1v) is 5.79. The van der Waals surface area contributed by atoms with E-state index in [-0.39, 0.29) is 5.38 Å².